The molecule has 0 aromatic heterocycles. The molecule has 0 radical (unpaired) electrons. The van der Waals surface area contributed by atoms with E-state index in [0.29, 0.717) is 30.3 Å². The van der Waals surface area contributed by atoms with Crippen LogP contribution in [-0.4, -0.2) is 45.2 Å². The fourth-order valence-corrected chi connectivity index (χ4v) is 5.12. The Kier molecular flexibility index (Phi) is 6.39. The summed E-state index contributed by atoms with van der Waals surface area (Å²) in [6.45, 7) is 2.82. The minimum absolute atomic E-state index is 0.227. The maximum Gasteiger partial charge on any atom is 0.246 e. The van der Waals surface area contributed by atoms with E-state index in [9.17, 15) is 13.2 Å². The standard InChI is InChI=1S/C21H25ClN2O4S/c1-4-18(21(25)23-12-11-15-7-5-6-8-16(15)14-23)24(29(3,26)27)19-13-17(22)9-10-20(19)28-2/h5-10,13,18H,4,11-12,14H2,1-3H3. The van der Waals surface area contributed by atoms with Crippen molar-refractivity contribution in [3.05, 3.63) is 58.6 Å². The van der Waals surface area contributed by atoms with Crippen LogP contribution in [0.3, 0.4) is 0 Å². The molecule has 0 bridgehead atoms. The molecule has 1 aliphatic rings. The Balaban J connectivity index is 1.99. The third-order valence-corrected chi connectivity index (χ3v) is 6.53. The predicted molar refractivity (Wildman–Crippen MR) is 115 cm³/mol. The summed E-state index contributed by atoms with van der Waals surface area (Å²) in [6, 6.07) is 11.9. The van der Waals surface area contributed by atoms with Crippen molar-refractivity contribution in [2.45, 2.75) is 32.4 Å². The molecule has 156 valence electrons. The third-order valence-electron chi connectivity index (χ3n) is 5.13. The molecule has 0 aliphatic carbocycles. The van der Waals surface area contributed by atoms with Crippen molar-refractivity contribution in [3.63, 3.8) is 0 Å². The van der Waals surface area contributed by atoms with Gasteiger partial charge in [0.2, 0.25) is 15.9 Å². The Morgan fingerprint density at radius 3 is 2.55 bits per heavy atom. The molecule has 0 saturated carbocycles. The van der Waals surface area contributed by atoms with Gasteiger partial charge in [-0.15, -0.1) is 0 Å². The lowest BCUT2D eigenvalue weighted by Gasteiger charge is -2.36. The first-order chi connectivity index (χ1) is 13.8. The monoisotopic (exact) mass is 436 g/mol. The summed E-state index contributed by atoms with van der Waals surface area (Å²) in [5.74, 6) is 0.115. The highest BCUT2D eigenvalue weighted by atomic mass is 35.5. The van der Waals surface area contributed by atoms with Crippen molar-refractivity contribution in [1.29, 1.82) is 0 Å². The third kappa shape index (κ3) is 4.51. The van der Waals surface area contributed by atoms with Crippen LogP contribution in [0.2, 0.25) is 5.02 Å². The SMILES string of the molecule is CCC(C(=O)N1CCc2ccccc2C1)N(c1cc(Cl)ccc1OC)S(C)(=O)=O. The van der Waals surface area contributed by atoms with Crippen LogP contribution >= 0.6 is 11.6 Å². The summed E-state index contributed by atoms with van der Waals surface area (Å²) in [7, 11) is -2.32. The van der Waals surface area contributed by atoms with Crippen molar-refractivity contribution >= 4 is 33.2 Å². The van der Waals surface area contributed by atoms with Gasteiger partial charge >= 0.3 is 0 Å². The molecule has 2 aromatic carbocycles. The maximum atomic E-state index is 13.4. The van der Waals surface area contributed by atoms with E-state index in [1.165, 1.54) is 18.7 Å². The van der Waals surface area contributed by atoms with Gasteiger partial charge in [0.1, 0.15) is 11.8 Å². The Bertz CT molecular complexity index is 1010. The van der Waals surface area contributed by atoms with E-state index in [2.05, 4.69) is 6.07 Å². The van der Waals surface area contributed by atoms with Crippen LogP contribution in [0.4, 0.5) is 5.69 Å². The quantitative estimate of drug-likeness (QED) is 0.695. The summed E-state index contributed by atoms with van der Waals surface area (Å²) in [6.07, 6.45) is 2.16. The number of hydrogen-bond acceptors (Lipinski definition) is 4. The Hall–Kier alpha value is -2.25. The Labute approximate surface area is 177 Å². The first-order valence-electron chi connectivity index (χ1n) is 9.44. The molecule has 1 unspecified atom stereocenters. The molecular weight excluding hydrogens is 412 g/mol. The number of hydrogen-bond donors (Lipinski definition) is 0. The lowest BCUT2D eigenvalue weighted by atomic mass is 9.99. The Morgan fingerprint density at radius 2 is 1.93 bits per heavy atom. The minimum atomic E-state index is -3.78. The zero-order valence-electron chi connectivity index (χ0n) is 16.8. The van der Waals surface area contributed by atoms with Gasteiger partial charge in [-0.2, -0.15) is 0 Å². The lowest BCUT2D eigenvalue weighted by molar-refractivity contribution is -0.133. The van der Waals surface area contributed by atoms with Crippen molar-refractivity contribution in [2.75, 3.05) is 24.2 Å². The molecule has 1 heterocycles. The average Bonchev–Trinajstić information content (AvgIpc) is 2.70. The molecule has 6 nitrogen and oxygen atoms in total. The van der Waals surface area contributed by atoms with E-state index in [1.54, 1.807) is 24.0 Å². The number of carbonyl (C=O) groups excluding carboxylic acids is 1. The van der Waals surface area contributed by atoms with Crippen LogP contribution in [0.1, 0.15) is 24.5 Å². The summed E-state index contributed by atoms with van der Waals surface area (Å²) in [5.41, 5.74) is 2.58. The number of nitrogens with zero attached hydrogens (tertiary/aromatic N) is 2. The number of amides is 1. The summed E-state index contributed by atoms with van der Waals surface area (Å²) >= 11 is 6.13. The highest BCUT2D eigenvalue weighted by Gasteiger charge is 2.36. The number of ether oxygens (including phenoxy) is 1. The number of fused-ring (bicyclic) bond motifs is 1. The fourth-order valence-electron chi connectivity index (χ4n) is 3.75. The Morgan fingerprint density at radius 1 is 1.24 bits per heavy atom. The van der Waals surface area contributed by atoms with Crippen LogP contribution < -0.4 is 9.04 Å². The molecule has 1 atom stereocenters. The molecule has 0 spiro atoms. The number of sulfonamides is 1. The van der Waals surface area contributed by atoms with E-state index < -0.39 is 16.1 Å². The number of benzene rings is 2. The molecular formula is C21H25ClN2O4S. The summed E-state index contributed by atoms with van der Waals surface area (Å²) in [5, 5.41) is 0.364. The second kappa shape index (κ2) is 8.63. The minimum Gasteiger partial charge on any atom is -0.495 e. The van der Waals surface area contributed by atoms with Gasteiger partial charge in [0.25, 0.3) is 0 Å². The number of carbonyl (C=O) groups is 1. The van der Waals surface area contributed by atoms with Gasteiger partial charge in [0.05, 0.1) is 19.1 Å². The molecule has 0 N–H and O–H groups in total. The van der Waals surface area contributed by atoms with E-state index in [1.807, 2.05) is 18.2 Å². The smallest absolute Gasteiger partial charge is 0.246 e. The normalized spacial score (nSPS) is 14.8. The first kappa shape index (κ1) is 21.5. The van der Waals surface area contributed by atoms with Crippen molar-refractivity contribution < 1.29 is 17.9 Å². The predicted octanol–water partition coefficient (Wildman–Crippen LogP) is 3.48. The van der Waals surface area contributed by atoms with Gasteiger partial charge in [0.15, 0.2) is 0 Å². The molecule has 0 fully saturated rings. The van der Waals surface area contributed by atoms with Crippen LogP contribution in [0, 0.1) is 0 Å². The topological polar surface area (TPSA) is 66.9 Å². The molecule has 3 rings (SSSR count). The largest absolute Gasteiger partial charge is 0.495 e. The van der Waals surface area contributed by atoms with Crippen LogP contribution in [0.5, 0.6) is 5.75 Å². The van der Waals surface area contributed by atoms with E-state index in [-0.39, 0.29) is 11.6 Å². The van der Waals surface area contributed by atoms with E-state index in [0.717, 1.165) is 22.5 Å². The van der Waals surface area contributed by atoms with E-state index >= 15 is 0 Å². The molecule has 0 saturated heterocycles. The van der Waals surface area contributed by atoms with Crippen LogP contribution in [0.15, 0.2) is 42.5 Å². The van der Waals surface area contributed by atoms with Gasteiger partial charge in [-0.1, -0.05) is 42.8 Å². The molecule has 2 aromatic rings. The molecule has 1 aliphatic heterocycles. The summed E-state index contributed by atoms with van der Waals surface area (Å²) < 4.78 is 32.0. The fraction of sp³-hybridized carbons (Fsp3) is 0.381. The first-order valence-corrected chi connectivity index (χ1v) is 11.7. The van der Waals surface area contributed by atoms with Crippen molar-refractivity contribution in [2.24, 2.45) is 0 Å². The summed E-state index contributed by atoms with van der Waals surface area (Å²) in [4.78, 5) is 15.2. The second-order valence-electron chi connectivity index (χ2n) is 7.08. The lowest BCUT2D eigenvalue weighted by Crippen LogP contribution is -2.51. The van der Waals surface area contributed by atoms with Crippen LogP contribution in [0.25, 0.3) is 0 Å². The van der Waals surface area contributed by atoms with Gasteiger partial charge in [0, 0.05) is 18.1 Å². The zero-order chi connectivity index (χ0) is 21.2. The van der Waals surface area contributed by atoms with Crippen molar-refractivity contribution in [1.82, 2.24) is 4.90 Å². The highest BCUT2D eigenvalue weighted by Crippen LogP contribution is 2.35. The molecule has 1 amide bonds. The van der Waals surface area contributed by atoms with Gasteiger partial charge < -0.3 is 9.64 Å². The maximum absolute atomic E-state index is 13.4. The second-order valence-corrected chi connectivity index (χ2v) is 9.37. The zero-order valence-corrected chi connectivity index (χ0v) is 18.3. The van der Waals surface area contributed by atoms with Gasteiger partial charge in [-0.05, 0) is 42.2 Å². The van der Waals surface area contributed by atoms with Gasteiger partial charge in [-0.3, -0.25) is 9.10 Å². The highest BCUT2D eigenvalue weighted by molar-refractivity contribution is 7.92. The van der Waals surface area contributed by atoms with Gasteiger partial charge in [-0.25, -0.2) is 8.42 Å². The average molecular weight is 437 g/mol. The molecule has 8 heteroatoms. The number of methoxy groups -OCH3 is 1. The number of halogens is 1. The number of anilines is 1. The molecule has 29 heavy (non-hydrogen) atoms. The number of rotatable bonds is 6. The van der Waals surface area contributed by atoms with Crippen LogP contribution in [-0.2, 0) is 27.8 Å². The van der Waals surface area contributed by atoms with Crippen molar-refractivity contribution in [3.8, 4) is 5.75 Å². The van der Waals surface area contributed by atoms with E-state index in [4.69, 9.17) is 16.3 Å².